The molecule has 0 spiro atoms. The van der Waals surface area contributed by atoms with Gasteiger partial charge in [-0.05, 0) is 35.4 Å². The summed E-state index contributed by atoms with van der Waals surface area (Å²) in [4.78, 5) is 11.3. The average Bonchev–Trinajstić information content (AvgIpc) is 2.66. The fourth-order valence-electron chi connectivity index (χ4n) is 2.59. The summed E-state index contributed by atoms with van der Waals surface area (Å²) in [6, 6.07) is 20.7. The van der Waals surface area contributed by atoms with Gasteiger partial charge < -0.3 is 9.47 Å². The molecule has 3 rings (SSSR count). The highest BCUT2D eigenvalue weighted by Gasteiger charge is 2.15. The van der Waals surface area contributed by atoms with E-state index in [1.165, 1.54) is 0 Å². The minimum Gasteiger partial charge on any atom is -0.493 e. The first-order valence-electron chi connectivity index (χ1n) is 7.81. The van der Waals surface area contributed by atoms with Gasteiger partial charge in [0.25, 0.3) is 0 Å². The molecule has 3 aromatic carbocycles. The Kier molecular flexibility index (Phi) is 5.36. The van der Waals surface area contributed by atoms with Gasteiger partial charge >= 0.3 is 0 Å². The molecule has 0 unspecified atom stereocenters. The molecule has 0 amide bonds. The number of benzene rings is 3. The van der Waals surface area contributed by atoms with Gasteiger partial charge in [-0.1, -0.05) is 54.1 Å². The van der Waals surface area contributed by atoms with E-state index in [-0.39, 0.29) is 0 Å². The number of aldehydes is 1. The SMILES string of the molecule is COc1cc(C=O)cc(-c2cccc(Cl)c2)c1OCc1ccccc1. The maximum absolute atomic E-state index is 11.3. The Balaban J connectivity index is 2.06. The van der Waals surface area contributed by atoms with Crippen molar-refractivity contribution in [1.29, 1.82) is 0 Å². The summed E-state index contributed by atoms with van der Waals surface area (Å²) in [6.07, 6.45) is 0.789. The zero-order valence-electron chi connectivity index (χ0n) is 13.7. The van der Waals surface area contributed by atoms with E-state index in [1.807, 2.05) is 48.5 Å². The molecule has 0 aliphatic heterocycles. The first kappa shape index (κ1) is 17.1. The minimum absolute atomic E-state index is 0.394. The van der Waals surface area contributed by atoms with Crippen molar-refractivity contribution in [2.24, 2.45) is 0 Å². The van der Waals surface area contributed by atoms with Crippen molar-refractivity contribution in [2.45, 2.75) is 6.61 Å². The number of methoxy groups -OCH3 is 1. The summed E-state index contributed by atoms with van der Waals surface area (Å²) in [5.41, 5.74) is 3.18. The predicted molar refractivity (Wildman–Crippen MR) is 99.6 cm³/mol. The van der Waals surface area contributed by atoms with Crippen molar-refractivity contribution < 1.29 is 14.3 Å². The van der Waals surface area contributed by atoms with Gasteiger partial charge in [0.05, 0.1) is 7.11 Å². The lowest BCUT2D eigenvalue weighted by molar-refractivity contribution is 0.112. The predicted octanol–water partition coefficient (Wildman–Crippen LogP) is 5.41. The third-order valence-corrected chi connectivity index (χ3v) is 4.03. The van der Waals surface area contributed by atoms with Crippen LogP contribution in [0.15, 0.2) is 66.7 Å². The number of ether oxygens (including phenoxy) is 2. The molecular formula is C21H17ClO3. The zero-order valence-corrected chi connectivity index (χ0v) is 14.5. The summed E-state index contributed by atoms with van der Waals surface area (Å²) in [5.74, 6) is 1.09. The van der Waals surface area contributed by atoms with Crippen LogP contribution in [0, 0.1) is 0 Å². The van der Waals surface area contributed by atoms with Gasteiger partial charge in [-0.3, -0.25) is 4.79 Å². The number of carbonyl (C=O) groups is 1. The molecule has 0 radical (unpaired) electrons. The minimum atomic E-state index is 0.394. The number of halogens is 1. The molecule has 0 aliphatic rings. The van der Waals surface area contributed by atoms with Gasteiger partial charge in [-0.2, -0.15) is 0 Å². The molecular weight excluding hydrogens is 336 g/mol. The van der Waals surface area contributed by atoms with Crippen molar-refractivity contribution in [3.05, 3.63) is 82.9 Å². The molecule has 3 aromatic rings. The van der Waals surface area contributed by atoms with E-state index in [1.54, 1.807) is 25.3 Å². The second-order valence-electron chi connectivity index (χ2n) is 5.50. The Labute approximate surface area is 151 Å². The topological polar surface area (TPSA) is 35.5 Å². The summed E-state index contributed by atoms with van der Waals surface area (Å²) < 4.78 is 11.5. The molecule has 0 saturated heterocycles. The highest BCUT2D eigenvalue weighted by Crippen LogP contribution is 2.40. The van der Waals surface area contributed by atoms with Crippen LogP contribution in [0.4, 0.5) is 0 Å². The van der Waals surface area contributed by atoms with E-state index in [0.29, 0.717) is 28.7 Å². The van der Waals surface area contributed by atoms with Crippen LogP contribution < -0.4 is 9.47 Å². The molecule has 25 heavy (non-hydrogen) atoms. The molecule has 0 saturated carbocycles. The third-order valence-electron chi connectivity index (χ3n) is 3.79. The average molecular weight is 353 g/mol. The summed E-state index contributed by atoms with van der Waals surface area (Å²) in [7, 11) is 1.56. The monoisotopic (exact) mass is 352 g/mol. The molecule has 0 N–H and O–H groups in total. The van der Waals surface area contributed by atoms with Crippen molar-refractivity contribution in [3.8, 4) is 22.6 Å². The van der Waals surface area contributed by atoms with Crippen molar-refractivity contribution >= 4 is 17.9 Å². The fraction of sp³-hybridized carbons (Fsp3) is 0.0952. The van der Waals surface area contributed by atoms with E-state index in [9.17, 15) is 4.79 Å². The normalized spacial score (nSPS) is 10.3. The largest absolute Gasteiger partial charge is 0.493 e. The number of rotatable bonds is 6. The number of hydrogen-bond donors (Lipinski definition) is 0. The quantitative estimate of drug-likeness (QED) is 0.556. The van der Waals surface area contributed by atoms with Crippen LogP contribution in [0.5, 0.6) is 11.5 Å². The van der Waals surface area contributed by atoms with E-state index in [0.717, 1.165) is 23.0 Å². The lowest BCUT2D eigenvalue weighted by atomic mass is 10.0. The van der Waals surface area contributed by atoms with Gasteiger partial charge in [0, 0.05) is 16.1 Å². The molecule has 0 aromatic heterocycles. The van der Waals surface area contributed by atoms with E-state index in [2.05, 4.69) is 0 Å². The Bertz CT molecular complexity index is 876. The van der Waals surface area contributed by atoms with Gasteiger partial charge in [0.1, 0.15) is 12.9 Å². The van der Waals surface area contributed by atoms with Gasteiger partial charge in [0.2, 0.25) is 0 Å². The van der Waals surface area contributed by atoms with E-state index in [4.69, 9.17) is 21.1 Å². The molecule has 3 nitrogen and oxygen atoms in total. The highest BCUT2D eigenvalue weighted by molar-refractivity contribution is 6.30. The van der Waals surface area contributed by atoms with Gasteiger partial charge in [-0.15, -0.1) is 0 Å². The van der Waals surface area contributed by atoms with Crippen LogP contribution in [0.1, 0.15) is 15.9 Å². The fourth-order valence-corrected chi connectivity index (χ4v) is 2.78. The standard InChI is InChI=1S/C21H17ClO3/c1-24-20-11-16(13-23)10-19(17-8-5-9-18(22)12-17)21(20)25-14-15-6-3-2-4-7-15/h2-13H,14H2,1H3. The third kappa shape index (κ3) is 4.01. The second kappa shape index (κ2) is 7.86. The van der Waals surface area contributed by atoms with Crippen molar-refractivity contribution in [2.75, 3.05) is 7.11 Å². The van der Waals surface area contributed by atoms with E-state index >= 15 is 0 Å². The van der Waals surface area contributed by atoms with Gasteiger partial charge in [-0.25, -0.2) is 0 Å². The Morgan fingerprint density at radius 2 is 1.80 bits per heavy atom. The highest BCUT2D eigenvalue weighted by atomic mass is 35.5. The Morgan fingerprint density at radius 1 is 1.00 bits per heavy atom. The Morgan fingerprint density at radius 3 is 2.48 bits per heavy atom. The lowest BCUT2D eigenvalue weighted by Gasteiger charge is -2.16. The molecule has 126 valence electrons. The second-order valence-corrected chi connectivity index (χ2v) is 5.94. The first-order chi connectivity index (χ1) is 12.2. The maximum atomic E-state index is 11.3. The summed E-state index contributed by atoms with van der Waals surface area (Å²) >= 11 is 6.13. The van der Waals surface area contributed by atoms with Crippen LogP contribution in [0.25, 0.3) is 11.1 Å². The molecule has 0 atom stereocenters. The van der Waals surface area contributed by atoms with Crippen LogP contribution in [0.2, 0.25) is 5.02 Å². The van der Waals surface area contributed by atoms with Crippen LogP contribution >= 0.6 is 11.6 Å². The zero-order chi connectivity index (χ0) is 17.6. The maximum Gasteiger partial charge on any atom is 0.169 e. The Hall–Kier alpha value is -2.78. The van der Waals surface area contributed by atoms with Crippen molar-refractivity contribution in [3.63, 3.8) is 0 Å². The molecule has 0 bridgehead atoms. The molecule has 0 aliphatic carbocycles. The van der Waals surface area contributed by atoms with E-state index < -0.39 is 0 Å². The summed E-state index contributed by atoms with van der Waals surface area (Å²) in [5, 5.41) is 0.613. The lowest BCUT2D eigenvalue weighted by Crippen LogP contribution is -2.01. The van der Waals surface area contributed by atoms with Crippen LogP contribution in [-0.2, 0) is 6.61 Å². The molecule has 0 fully saturated rings. The number of hydrogen-bond acceptors (Lipinski definition) is 3. The van der Waals surface area contributed by atoms with Gasteiger partial charge in [0.15, 0.2) is 11.5 Å². The molecule has 0 heterocycles. The number of carbonyl (C=O) groups excluding carboxylic acids is 1. The van der Waals surface area contributed by atoms with Crippen molar-refractivity contribution in [1.82, 2.24) is 0 Å². The smallest absolute Gasteiger partial charge is 0.169 e. The van der Waals surface area contributed by atoms with Crippen LogP contribution in [0.3, 0.4) is 0 Å². The first-order valence-corrected chi connectivity index (χ1v) is 8.19. The van der Waals surface area contributed by atoms with Crippen LogP contribution in [-0.4, -0.2) is 13.4 Å². The molecule has 4 heteroatoms. The summed E-state index contributed by atoms with van der Waals surface area (Å²) in [6.45, 7) is 0.394.